The number of para-hydroxylation sites is 1. The molecule has 3 nitrogen and oxygen atoms in total. The SMILES string of the molecule is CC(CC(=O)O)Nc1ccccc1F. The molecule has 1 atom stereocenters. The zero-order chi connectivity index (χ0) is 10.6. The Morgan fingerprint density at radius 2 is 2.21 bits per heavy atom. The van der Waals surface area contributed by atoms with Crippen molar-refractivity contribution in [2.45, 2.75) is 19.4 Å². The fourth-order valence-electron chi connectivity index (χ4n) is 1.16. The topological polar surface area (TPSA) is 49.3 Å². The Labute approximate surface area is 81.6 Å². The third kappa shape index (κ3) is 3.05. The zero-order valence-corrected chi connectivity index (χ0v) is 7.83. The summed E-state index contributed by atoms with van der Waals surface area (Å²) < 4.78 is 13.1. The second kappa shape index (κ2) is 4.60. The van der Waals surface area contributed by atoms with E-state index in [1.54, 1.807) is 25.1 Å². The minimum absolute atomic E-state index is 0.0334. The van der Waals surface area contributed by atoms with E-state index in [0.29, 0.717) is 5.69 Å². The number of halogens is 1. The number of rotatable bonds is 4. The van der Waals surface area contributed by atoms with E-state index >= 15 is 0 Å². The van der Waals surface area contributed by atoms with E-state index < -0.39 is 5.97 Å². The van der Waals surface area contributed by atoms with E-state index in [-0.39, 0.29) is 18.3 Å². The molecule has 0 saturated carbocycles. The van der Waals surface area contributed by atoms with E-state index in [2.05, 4.69) is 5.32 Å². The fraction of sp³-hybridized carbons (Fsp3) is 0.300. The molecule has 14 heavy (non-hydrogen) atoms. The molecule has 76 valence electrons. The van der Waals surface area contributed by atoms with Gasteiger partial charge in [0.05, 0.1) is 12.1 Å². The maximum atomic E-state index is 13.1. The van der Waals surface area contributed by atoms with Crippen LogP contribution in [-0.4, -0.2) is 17.1 Å². The molecule has 0 aliphatic heterocycles. The van der Waals surface area contributed by atoms with Gasteiger partial charge in [-0.1, -0.05) is 12.1 Å². The lowest BCUT2D eigenvalue weighted by molar-refractivity contribution is -0.137. The summed E-state index contributed by atoms with van der Waals surface area (Å²) in [6, 6.07) is 5.90. The predicted molar refractivity (Wildman–Crippen MR) is 51.7 cm³/mol. The minimum atomic E-state index is -0.902. The average molecular weight is 197 g/mol. The summed E-state index contributed by atoms with van der Waals surface area (Å²) in [5, 5.41) is 11.3. The standard InChI is InChI=1S/C10H12FNO2/c1-7(6-10(13)14)12-9-5-3-2-4-8(9)11/h2-5,7,12H,6H2,1H3,(H,13,14). The number of hydrogen-bond acceptors (Lipinski definition) is 2. The van der Waals surface area contributed by atoms with E-state index in [9.17, 15) is 9.18 Å². The van der Waals surface area contributed by atoms with Gasteiger partial charge in [-0.05, 0) is 19.1 Å². The molecular weight excluding hydrogens is 185 g/mol. The molecule has 0 aliphatic carbocycles. The lowest BCUT2D eigenvalue weighted by atomic mass is 10.2. The summed E-state index contributed by atoms with van der Waals surface area (Å²) in [4.78, 5) is 10.4. The van der Waals surface area contributed by atoms with E-state index in [1.165, 1.54) is 6.07 Å². The smallest absolute Gasteiger partial charge is 0.305 e. The average Bonchev–Trinajstić information content (AvgIpc) is 2.07. The van der Waals surface area contributed by atoms with Crippen LogP contribution in [0.3, 0.4) is 0 Å². The number of benzene rings is 1. The monoisotopic (exact) mass is 197 g/mol. The van der Waals surface area contributed by atoms with Crippen LogP contribution in [0.4, 0.5) is 10.1 Å². The first-order chi connectivity index (χ1) is 6.59. The molecule has 0 radical (unpaired) electrons. The van der Waals surface area contributed by atoms with Gasteiger partial charge in [0.15, 0.2) is 0 Å². The van der Waals surface area contributed by atoms with Crippen molar-refractivity contribution in [1.82, 2.24) is 0 Å². The molecular formula is C10H12FNO2. The number of carboxylic acid groups (broad SMARTS) is 1. The van der Waals surface area contributed by atoms with Gasteiger partial charge in [-0.3, -0.25) is 4.79 Å². The highest BCUT2D eigenvalue weighted by Crippen LogP contribution is 2.14. The van der Waals surface area contributed by atoms with Crippen LogP contribution in [-0.2, 0) is 4.79 Å². The molecule has 0 heterocycles. The van der Waals surface area contributed by atoms with Gasteiger partial charge in [-0.15, -0.1) is 0 Å². The van der Waals surface area contributed by atoms with Crippen LogP contribution in [0, 0.1) is 5.82 Å². The summed E-state index contributed by atoms with van der Waals surface area (Å²) >= 11 is 0. The number of anilines is 1. The Morgan fingerprint density at radius 3 is 2.79 bits per heavy atom. The van der Waals surface area contributed by atoms with Crippen molar-refractivity contribution in [3.63, 3.8) is 0 Å². The Kier molecular flexibility index (Phi) is 3.45. The molecule has 0 aromatic heterocycles. The number of carbonyl (C=O) groups is 1. The summed E-state index contributed by atoms with van der Waals surface area (Å²) in [5.74, 6) is -1.27. The van der Waals surface area contributed by atoms with Gasteiger partial charge < -0.3 is 10.4 Å². The highest BCUT2D eigenvalue weighted by Gasteiger charge is 2.08. The maximum absolute atomic E-state index is 13.1. The lowest BCUT2D eigenvalue weighted by Gasteiger charge is -2.13. The van der Waals surface area contributed by atoms with Crippen LogP contribution in [0.5, 0.6) is 0 Å². The van der Waals surface area contributed by atoms with Gasteiger partial charge in [0.2, 0.25) is 0 Å². The van der Waals surface area contributed by atoms with Crippen molar-refractivity contribution in [3.05, 3.63) is 30.1 Å². The quantitative estimate of drug-likeness (QED) is 0.777. The number of carboxylic acids is 1. The molecule has 0 amide bonds. The van der Waals surface area contributed by atoms with Crippen molar-refractivity contribution in [1.29, 1.82) is 0 Å². The Hall–Kier alpha value is -1.58. The largest absolute Gasteiger partial charge is 0.481 e. The number of hydrogen-bond donors (Lipinski definition) is 2. The first kappa shape index (κ1) is 10.5. The Balaban J connectivity index is 2.60. The zero-order valence-electron chi connectivity index (χ0n) is 7.83. The normalized spacial score (nSPS) is 12.1. The van der Waals surface area contributed by atoms with Crippen LogP contribution in [0.1, 0.15) is 13.3 Å². The molecule has 2 N–H and O–H groups in total. The highest BCUT2D eigenvalue weighted by atomic mass is 19.1. The summed E-state index contributed by atoms with van der Waals surface area (Å²) in [6.45, 7) is 1.70. The lowest BCUT2D eigenvalue weighted by Crippen LogP contribution is -2.19. The van der Waals surface area contributed by atoms with Crippen LogP contribution in [0.2, 0.25) is 0 Å². The molecule has 0 spiro atoms. The molecule has 1 aromatic carbocycles. The Morgan fingerprint density at radius 1 is 1.57 bits per heavy atom. The van der Waals surface area contributed by atoms with Crippen molar-refractivity contribution in [3.8, 4) is 0 Å². The maximum Gasteiger partial charge on any atom is 0.305 e. The van der Waals surface area contributed by atoms with Crippen molar-refractivity contribution in [2.24, 2.45) is 0 Å². The van der Waals surface area contributed by atoms with Gasteiger partial charge in [0.25, 0.3) is 0 Å². The van der Waals surface area contributed by atoms with E-state index in [0.717, 1.165) is 0 Å². The molecule has 0 aliphatic rings. The van der Waals surface area contributed by atoms with Gasteiger partial charge in [0, 0.05) is 6.04 Å². The predicted octanol–water partition coefficient (Wildman–Crippen LogP) is 2.10. The molecule has 1 aromatic rings. The van der Waals surface area contributed by atoms with Crippen molar-refractivity contribution < 1.29 is 14.3 Å². The summed E-state index contributed by atoms with van der Waals surface area (Å²) in [6.07, 6.45) is -0.0334. The van der Waals surface area contributed by atoms with Gasteiger partial charge in [0.1, 0.15) is 5.82 Å². The first-order valence-electron chi connectivity index (χ1n) is 4.32. The van der Waals surface area contributed by atoms with Gasteiger partial charge in [-0.2, -0.15) is 0 Å². The molecule has 0 saturated heterocycles. The highest BCUT2D eigenvalue weighted by molar-refractivity contribution is 5.68. The molecule has 0 bridgehead atoms. The van der Waals surface area contributed by atoms with Crippen LogP contribution < -0.4 is 5.32 Å². The summed E-state index contributed by atoms with van der Waals surface area (Å²) in [5.41, 5.74) is 0.334. The molecule has 1 unspecified atom stereocenters. The minimum Gasteiger partial charge on any atom is -0.481 e. The Bertz CT molecular complexity index is 328. The first-order valence-corrected chi connectivity index (χ1v) is 4.32. The second-order valence-electron chi connectivity index (χ2n) is 3.12. The molecule has 4 heteroatoms. The molecule has 0 fully saturated rings. The van der Waals surface area contributed by atoms with Crippen molar-refractivity contribution >= 4 is 11.7 Å². The van der Waals surface area contributed by atoms with E-state index in [1.807, 2.05) is 0 Å². The number of nitrogens with one attached hydrogen (secondary N) is 1. The summed E-state index contributed by atoms with van der Waals surface area (Å²) in [7, 11) is 0. The van der Waals surface area contributed by atoms with Gasteiger partial charge >= 0.3 is 5.97 Å². The fourth-order valence-corrected chi connectivity index (χ4v) is 1.16. The van der Waals surface area contributed by atoms with Crippen LogP contribution >= 0.6 is 0 Å². The molecule has 1 rings (SSSR count). The third-order valence-electron chi connectivity index (χ3n) is 1.76. The van der Waals surface area contributed by atoms with Crippen molar-refractivity contribution in [2.75, 3.05) is 5.32 Å². The van der Waals surface area contributed by atoms with Gasteiger partial charge in [-0.25, -0.2) is 4.39 Å². The third-order valence-corrected chi connectivity index (χ3v) is 1.76. The second-order valence-corrected chi connectivity index (χ2v) is 3.12. The van der Waals surface area contributed by atoms with Crippen LogP contribution in [0.15, 0.2) is 24.3 Å². The van der Waals surface area contributed by atoms with E-state index in [4.69, 9.17) is 5.11 Å². The number of aliphatic carboxylic acids is 1. The van der Waals surface area contributed by atoms with Crippen LogP contribution in [0.25, 0.3) is 0 Å².